The lowest BCUT2D eigenvalue weighted by Gasteiger charge is -2.08. The lowest BCUT2D eigenvalue weighted by Crippen LogP contribution is -2.11. The highest BCUT2D eigenvalue weighted by atomic mass is 79.9. The van der Waals surface area contributed by atoms with Gasteiger partial charge in [-0.05, 0) is 18.2 Å². The van der Waals surface area contributed by atoms with Crippen LogP contribution in [-0.2, 0) is 6.54 Å². The Morgan fingerprint density at radius 1 is 1.47 bits per heavy atom. The van der Waals surface area contributed by atoms with Crippen LogP contribution in [0.4, 0.5) is 5.69 Å². The molecule has 0 radical (unpaired) electrons. The molecule has 0 unspecified atom stereocenters. The van der Waals surface area contributed by atoms with Crippen LogP contribution in [0.15, 0.2) is 35.1 Å². The van der Waals surface area contributed by atoms with Crippen LogP contribution >= 0.6 is 15.9 Å². The number of hydrogen-bond donors (Lipinski definition) is 1. The number of rotatable bonds is 4. The molecule has 0 aliphatic rings. The van der Waals surface area contributed by atoms with Crippen molar-refractivity contribution in [3.63, 3.8) is 0 Å². The van der Waals surface area contributed by atoms with E-state index in [1.165, 1.54) is 0 Å². The maximum atomic E-state index is 8.99. The second-order valence-electron chi connectivity index (χ2n) is 3.39. The van der Waals surface area contributed by atoms with Gasteiger partial charge in [-0.3, -0.25) is 4.68 Å². The van der Waals surface area contributed by atoms with Crippen molar-refractivity contribution in [2.24, 2.45) is 0 Å². The van der Waals surface area contributed by atoms with Crippen molar-refractivity contribution in [1.29, 1.82) is 5.26 Å². The van der Waals surface area contributed by atoms with E-state index in [2.05, 4.69) is 37.6 Å². The fourth-order valence-electron chi connectivity index (χ4n) is 1.42. The largest absolute Gasteiger partial charge is 0.382 e. The van der Waals surface area contributed by atoms with E-state index < -0.39 is 0 Å². The first-order valence-corrected chi connectivity index (χ1v) is 5.86. The third-order valence-electron chi connectivity index (χ3n) is 2.23. The van der Waals surface area contributed by atoms with Crippen LogP contribution in [0.1, 0.15) is 5.56 Å². The molecule has 2 aromatic rings. The normalized spacial score (nSPS) is 9.88. The number of nitrogens with zero attached hydrogens (tertiary/aromatic N) is 4. The van der Waals surface area contributed by atoms with Gasteiger partial charge in [0.15, 0.2) is 0 Å². The summed E-state index contributed by atoms with van der Waals surface area (Å²) in [5, 5.41) is 19.8. The van der Waals surface area contributed by atoms with Crippen LogP contribution in [-0.4, -0.2) is 21.5 Å². The monoisotopic (exact) mass is 291 g/mol. The summed E-state index contributed by atoms with van der Waals surface area (Å²) in [6.07, 6.45) is 3.44. The molecule has 0 saturated heterocycles. The Morgan fingerprint density at radius 3 is 3.06 bits per heavy atom. The third kappa shape index (κ3) is 3.04. The van der Waals surface area contributed by atoms with Gasteiger partial charge in [0.2, 0.25) is 0 Å². The zero-order valence-corrected chi connectivity index (χ0v) is 10.6. The van der Waals surface area contributed by atoms with E-state index in [4.69, 9.17) is 5.26 Å². The average molecular weight is 292 g/mol. The van der Waals surface area contributed by atoms with Crippen molar-refractivity contribution in [1.82, 2.24) is 15.0 Å². The van der Waals surface area contributed by atoms with Crippen molar-refractivity contribution in [2.75, 3.05) is 11.9 Å². The molecule has 2 rings (SSSR count). The van der Waals surface area contributed by atoms with Gasteiger partial charge < -0.3 is 5.32 Å². The molecule has 0 aliphatic carbocycles. The first kappa shape index (κ1) is 11.6. The summed E-state index contributed by atoms with van der Waals surface area (Å²) in [6, 6.07) is 7.72. The summed E-state index contributed by atoms with van der Waals surface area (Å²) in [5.41, 5.74) is 1.45. The second kappa shape index (κ2) is 5.46. The van der Waals surface area contributed by atoms with Crippen LogP contribution in [0.3, 0.4) is 0 Å². The summed E-state index contributed by atoms with van der Waals surface area (Å²) in [4.78, 5) is 0. The van der Waals surface area contributed by atoms with Gasteiger partial charge in [-0.15, -0.1) is 5.10 Å². The maximum Gasteiger partial charge on any atom is 0.101 e. The summed E-state index contributed by atoms with van der Waals surface area (Å²) in [7, 11) is 0. The Balaban J connectivity index is 1.97. The van der Waals surface area contributed by atoms with Crippen LogP contribution in [0.5, 0.6) is 0 Å². The highest BCUT2D eigenvalue weighted by molar-refractivity contribution is 9.10. The Hall–Kier alpha value is -1.87. The topological polar surface area (TPSA) is 66.5 Å². The van der Waals surface area contributed by atoms with Crippen molar-refractivity contribution < 1.29 is 0 Å². The molecular weight excluding hydrogens is 282 g/mol. The quantitative estimate of drug-likeness (QED) is 0.936. The van der Waals surface area contributed by atoms with Gasteiger partial charge in [-0.1, -0.05) is 21.1 Å². The number of aromatic nitrogens is 3. The molecule has 86 valence electrons. The molecule has 1 N–H and O–H groups in total. The standard InChI is InChI=1S/C11H10BrN5/c12-10-1-2-11(9(7-10)8-13)14-3-5-17-6-4-15-16-17/h1-2,4,6-7,14H,3,5H2. The van der Waals surface area contributed by atoms with Gasteiger partial charge in [0.25, 0.3) is 0 Å². The summed E-state index contributed by atoms with van der Waals surface area (Å²) < 4.78 is 2.63. The smallest absolute Gasteiger partial charge is 0.101 e. The van der Waals surface area contributed by atoms with E-state index in [0.717, 1.165) is 10.2 Å². The number of halogens is 1. The van der Waals surface area contributed by atoms with Gasteiger partial charge in [-0.2, -0.15) is 5.26 Å². The zero-order chi connectivity index (χ0) is 12.1. The number of nitriles is 1. The van der Waals surface area contributed by atoms with Crippen molar-refractivity contribution >= 4 is 21.6 Å². The van der Waals surface area contributed by atoms with Crippen molar-refractivity contribution in [3.05, 3.63) is 40.6 Å². The van der Waals surface area contributed by atoms with E-state index >= 15 is 0 Å². The van der Waals surface area contributed by atoms with Gasteiger partial charge >= 0.3 is 0 Å². The van der Waals surface area contributed by atoms with Gasteiger partial charge in [0.1, 0.15) is 6.07 Å². The highest BCUT2D eigenvalue weighted by Gasteiger charge is 2.01. The van der Waals surface area contributed by atoms with Gasteiger partial charge in [0, 0.05) is 17.2 Å². The molecule has 17 heavy (non-hydrogen) atoms. The Kier molecular flexibility index (Phi) is 3.73. The Bertz CT molecular complexity index is 529. The molecule has 0 aliphatic heterocycles. The van der Waals surface area contributed by atoms with E-state index in [0.29, 0.717) is 18.7 Å². The lowest BCUT2D eigenvalue weighted by molar-refractivity contribution is 0.609. The number of benzene rings is 1. The van der Waals surface area contributed by atoms with Crippen LogP contribution in [0, 0.1) is 11.3 Å². The fourth-order valence-corrected chi connectivity index (χ4v) is 1.78. The van der Waals surface area contributed by atoms with E-state index in [-0.39, 0.29) is 0 Å². The third-order valence-corrected chi connectivity index (χ3v) is 2.72. The second-order valence-corrected chi connectivity index (χ2v) is 4.31. The summed E-state index contributed by atoms with van der Waals surface area (Å²) in [6.45, 7) is 1.40. The first-order valence-electron chi connectivity index (χ1n) is 5.07. The van der Waals surface area contributed by atoms with Crippen LogP contribution in [0.25, 0.3) is 0 Å². The van der Waals surface area contributed by atoms with Crippen LogP contribution < -0.4 is 5.32 Å². The number of hydrogen-bond acceptors (Lipinski definition) is 4. The highest BCUT2D eigenvalue weighted by Crippen LogP contribution is 2.19. The van der Waals surface area contributed by atoms with E-state index in [9.17, 15) is 0 Å². The molecular formula is C11H10BrN5. The van der Waals surface area contributed by atoms with Crippen molar-refractivity contribution in [3.8, 4) is 6.07 Å². The Morgan fingerprint density at radius 2 is 2.35 bits per heavy atom. The zero-order valence-electron chi connectivity index (χ0n) is 8.97. The molecule has 0 bridgehead atoms. The summed E-state index contributed by atoms with van der Waals surface area (Å²) in [5.74, 6) is 0. The molecule has 5 nitrogen and oxygen atoms in total. The fraction of sp³-hybridized carbons (Fsp3) is 0.182. The summed E-state index contributed by atoms with van der Waals surface area (Å²) >= 11 is 3.34. The van der Waals surface area contributed by atoms with Crippen molar-refractivity contribution in [2.45, 2.75) is 6.54 Å². The average Bonchev–Trinajstić information content (AvgIpc) is 2.84. The molecule has 0 atom stereocenters. The van der Waals surface area contributed by atoms with E-state index in [1.807, 2.05) is 12.1 Å². The molecule has 1 aromatic heterocycles. The molecule has 6 heteroatoms. The molecule has 1 heterocycles. The minimum atomic E-state index is 0.623. The molecule has 0 saturated carbocycles. The van der Waals surface area contributed by atoms with E-state index in [1.54, 1.807) is 23.1 Å². The lowest BCUT2D eigenvalue weighted by atomic mass is 10.2. The minimum Gasteiger partial charge on any atom is -0.382 e. The molecule has 1 aromatic carbocycles. The van der Waals surface area contributed by atoms with Gasteiger partial charge in [0.05, 0.1) is 24.0 Å². The SMILES string of the molecule is N#Cc1cc(Br)ccc1NCCn1ccnn1. The van der Waals surface area contributed by atoms with Gasteiger partial charge in [-0.25, -0.2) is 0 Å². The molecule has 0 amide bonds. The molecule has 0 fully saturated rings. The molecule has 0 spiro atoms. The Labute approximate surface area is 107 Å². The predicted molar refractivity (Wildman–Crippen MR) is 67.4 cm³/mol. The minimum absolute atomic E-state index is 0.623. The number of nitrogens with one attached hydrogen (secondary N) is 1. The maximum absolute atomic E-state index is 8.99. The van der Waals surface area contributed by atoms with Crippen LogP contribution in [0.2, 0.25) is 0 Å². The predicted octanol–water partition coefficient (Wildman–Crippen LogP) is 2.02. The first-order chi connectivity index (χ1) is 8.29. The number of anilines is 1.